The molecule has 60 heavy (non-hydrogen) atoms. The van der Waals surface area contributed by atoms with Gasteiger partial charge in [-0.1, -0.05) is 48.5 Å². The highest BCUT2D eigenvalue weighted by molar-refractivity contribution is 5.91. The highest BCUT2D eigenvalue weighted by atomic mass is 16.6. The summed E-state index contributed by atoms with van der Waals surface area (Å²) in [4.78, 5) is 34.8. The van der Waals surface area contributed by atoms with Gasteiger partial charge in [0.25, 0.3) is 0 Å². The molecule has 15 nitrogen and oxygen atoms in total. The molecule has 0 saturated carbocycles. The topological polar surface area (TPSA) is 185 Å². The van der Waals surface area contributed by atoms with E-state index < -0.39 is 11.7 Å². The molecule has 0 radical (unpaired) electrons. The van der Waals surface area contributed by atoms with Crippen LogP contribution < -0.4 is 26.0 Å². The number of hydrogen-bond donors (Lipinski definition) is 4. The van der Waals surface area contributed by atoms with Crippen LogP contribution in [0.4, 0.5) is 39.4 Å². The van der Waals surface area contributed by atoms with E-state index in [4.69, 9.17) is 9.47 Å². The smallest absolute Gasteiger partial charge is 0.412 e. The summed E-state index contributed by atoms with van der Waals surface area (Å²) in [6, 6.07) is 39.4. The highest BCUT2D eigenvalue weighted by Gasteiger charge is 2.24. The first-order valence-corrected chi connectivity index (χ1v) is 19.0. The number of pyridine rings is 2. The summed E-state index contributed by atoms with van der Waals surface area (Å²) in [5.74, 6) is 1.30. The van der Waals surface area contributed by atoms with Crippen molar-refractivity contribution in [1.29, 1.82) is 5.26 Å². The van der Waals surface area contributed by atoms with E-state index in [9.17, 15) is 14.9 Å². The Morgan fingerprint density at radius 3 is 1.77 bits per heavy atom. The van der Waals surface area contributed by atoms with Crippen molar-refractivity contribution in [1.82, 2.24) is 29.2 Å². The fourth-order valence-electron chi connectivity index (χ4n) is 6.47. The minimum absolute atomic E-state index is 0.142. The molecule has 0 aliphatic carbocycles. The van der Waals surface area contributed by atoms with E-state index >= 15 is 0 Å². The molecule has 15 heteroatoms. The Morgan fingerprint density at radius 1 is 0.667 bits per heavy atom. The molecule has 2 amide bonds. The van der Waals surface area contributed by atoms with Gasteiger partial charge in [0.05, 0.1) is 24.0 Å². The maximum absolute atomic E-state index is 12.9. The van der Waals surface area contributed by atoms with Crippen molar-refractivity contribution in [2.24, 2.45) is 0 Å². The van der Waals surface area contributed by atoms with Gasteiger partial charge in [0, 0.05) is 41.3 Å². The lowest BCUT2D eigenvalue weighted by Gasteiger charge is -2.25. The number of aromatic nitrogens is 6. The summed E-state index contributed by atoms with van der Waals surface area (Å²) >= 11 is 0. The molecule has 8 rings (SSSR count). The molecule has 0 atom stereocenters. The van der Waals surface area contributed by atoms with Gasteiger partial charge < -0.3 is 25.4 Å². The molecule has 298 valence electrons. The number of hydrogen-bond acceptors (Lipinski definition) is 11. The van der Waals surface area contributed by atoms with E-state index in [0.29, 0.717) is 58.0 Å². The number of carbonyl (C=O) groups is 2. The van der Waals surface area contributed by atoms with Crippen LogP contribution in [0.1, 0.15) is 32.3 Å². The lowest BCUT2D eigenvalue weighted by Crippen LogP contribution is -2.32. The fraction of sp³-hybridized carbons (Fsp3) is 0.133. The van der Waals surface area contributed by atoms with Crippen LogP contribution in [-0.2, 0) is 9.53 Å². The largest absolute Gasteiger partial charge is 0.495 e. The van der Waals surface area contributed by atoms with Crippen LogP contribution in [0.15, 0.2) is 134 Å². The number of fused-ring (bicyclic) bond motifs is 2. The Kier molecular flexibility index (Phi) is 10.7. The zero-order valence-corrected chi connectivity index (χ0v) is 32.9. The van der Waals surface area contributed by atoms with Gasteiger partial charge in [-0.2, -0.15) is 15.2 Å². The SMILES string of the molecule is COc1ccccc1Nc1nc2ccc(-c3ccc(NC(=O)OC(C)(C)CCC(=O)Nc4ccc(-c5ccc6nc(Nc7ccccc7C#N)nn6c5)cc4)cc3)cn2n1. The normalized spacial score (nSPS) is 11.2. The maximum atomic E-state index is 12.9. The first-order chi connectivity index (χ1) is 29.1. The summed E-state index contributed by atoms with van der Waals surface area (Å²) in [6.45, 7) is 3.54. The predicted octanol–water partition coefficient (Wildman–Crippen LogP) is 9.22. The average Bonchev–Trinajstić information content (AvgIpc) is 3.86. The van der Waals surface area contributed by atoms with E-state index in [0.717, 1.165) is 27.9 Å². The van der Waals surface area contributed by atoms with Crippen LogP contribution in [0.2, 0.25) is 0 Å². The first kappa shape index (κ1) is 38.6. The molecule has 0 saturated heterocycles. The van der Waals surface area contributed by atoms with Crippen molar-refractivity contribution in [2.75, 3.05) is 28.4 Å². The molecule has 0 fully saturated rings. The Morgan fingerprint density at radius 2 is 1.18 bits per heavy atom. The Hall–Kier alpha value is -8.25. The van der Waals surface area contributed by atoms with Gasteiger partial charge >= 0.3 is 6.09 Å². The number of nitriles is 1. The van der Waals surface area contributed by atoms with E-state index in [-0.39, 0.29) is 12.3 Å². The molecule has 0 unspecified atom stereocenters. The number of nitrogens with one attached hydrogen (secondary N) is 4. The number of anilines is 6. The Balaban J connectivity index is 0.807. The number of para-hydroxylation sites is 3. The molecular formula is C45H39N11O4. The molecule has 8 aromatic rings. The Bertz CT molecular complexity index is 2880. The lowest BCUT2D eigenvalue weighted by molar-refractivity contribution is -0.117. The zero-order chi connectivity index (χ0) is 41.6. The minimum Gasteiger partial charge on any atom is -0.495 e. The molecule has 4 aromatic carbocycles. The van der Waals surface area contributed by atoms with Crippen LogP contribution >= 0.6 is 0 Å². The first-order valence-electron chi connectivity index (χ1n) is 19.0. The second kappa shape index (κ2) is 16.7. The molecule has 4 heterocycles. The monoisotopic (exact) mass is 797 g/mol. The van der Waals surface area contributed by atoms with E-state index in [1.165, 1.54) is 0 Å². The molecule has 0 spiro atoms. The maximum Gasteiger partial charge on any atom is 0.412 e. The number of benzene rings is 4. The van der Waals surface area contributed by atoms with E-state index in [2.05, 4.69) is 47.5 Å². The third-order valence-corrected chi connectivity index (χ3v) is 9.60. The van der Waals surface area contributed by atoms with Crippen molar-refractivity contribution in [3.05, 3.63) is 139 Å². The van der Waals surface area contributed by atoms with Crippen molar-refractivity contribution in [3.8, 4) is 34.1 Å². The quantitative estimate of drug-likeness (QED) is 0.0872. The van der Waals surface area contributed by atoms with E-state index in [1.807, 2.05) is 103 Å². The van der Waals surface area contributed by atoms with Crippen LogP contribution in [0.3, 0.4) is 0 Å². The van der Waals surface area contributed by atoms with Crippen molar-refractivity contribution < 1.29 is 19.1 Å². The zero-order valence-electron chi connectivity index (χ0n) is 32.9. The predicted molar refractivity (Wildman–Crippen MR) is 230 cm³/mol. The summed E-state index contributed by atoms with van der Waals surface area (Å²) in [5.41, 5.74) is 7.16. The number of nitrogens with zero attached hydrogens (tertiary/aromatic N) is 7. The third kappa shape index (κ3) is 8.98. The van der Waals surface area contributed by atoms with Gasteiger partial charge in [-0.05, 0) is 104 Å². The number of ether oxygens (including phenoxy) is 2. The summed E-state index contributed by atoms with van der Waals surface area (Å²) in [7, 11) is 1.61. The van der Waals surface area contributed by atoms with Crippen molar-refractivity contribution in [2.45, 2.75) is 32.3 Å². The third-order valence-electron chi connectivity index (χ3n) is 9.60. The molecule has 4 N–H and O–H groups in total. The van der Waals surface area contributed by atoms with Gasteiger partial charge in [-0.25, -0.2) is 13.8 Å². The average molecular weight is 798 g/mol. The van der Waals surface area contributed by atoms with Gasteiger partial charge in [0.15, 0.2) is 11.3 Å². The number of rotatable bonds is 13. The number of methoxy groups -OCH3 is 1. The molecule has 0 aliphatic heterocycles. The Labute approximate surface area is 344 Å². The van der Waals surface area contributed by atoms with Crippen LogP contribution in [0, 0.1) is 11.3 Å². The minimum atomic E-state index is -0.910. The molecular weight excluding hydrogens is 759 g/mol. The highest BCUT2D eigenvalue weighted by Crippen LogP contribution is 2.28. The van der Waals surface area contributed by atoms with E-state index in [1.54, 1.807) is 60.3 Å². The lowest BCUT2D eigenvalue weighted by atomic mass is 10.0. The number of amides is 2. The summed E-state index contributed by atoms with van der Waals surface area (Å²) < 4.78 is 14.5. The van der Waals surface area contributed by atoms with Crippen LogP contribution in [0.25, 0.3) is 33.5 Å². The molecule has 0 bridgehead atoms. The van der Waals surface area contributed by atoms with Gasteiger partial charge in [-0.3, -0.25) is 10.1 Å². The standard InChI is InChI=1S/C45H39N11O4/c1-45(2,60-44(58)48-35-20-14-30(15-21-35)33-17-23-40-52-43(54-56(40)28-33)50-37-10-6-7-11-38(37)59-3)25-24-41(57)47-34-18-12-29(13-19-34)32-16-22-39-51-42(53-55(39)27-32)49-36-9-5-4-8-31(36)26-46/h4-23,27-28H,24-25H2,1-3H3,(H,47,57)(H,48,58)(H,49,53)(H,50,54). The van der Waals surface area contributed by atoms with Gasteiger partial charge in [0.2, 0.25) is 17.8 Å². The van der Waals surface area contributed by atoms with Crippen LogP contribution in [0.5, 0.6) is 5.75 Å². The van der Waals surface area contributed by atoms with Crippen molar-refractivity contribution in [3.63, 3.8) is 0 Å². The summed E-state index contributed by atoms with van der Waals surface area (Å²) in [5, 5.41) is 30.5. The second-order valence-electron chi connectivity index (χ2n) is 14.4. The molecule has 0 aliphatic rings. The number of carbonyl (C=O) groups excluding carboxylic acids is 2. The van der Waals surface area contributed by atoms with Gasteiger partial charge in [-0.15, -0.1) is 10.2 Å². The fourth-order valence-corrected chi connectivity index (χ4v) is 6.47. The second-order valence-corrected chi connectivity index (χ2v) is 14.4. The summed E-state index contributed by atoms with van der Waals surface area (Å²) in [6.07, 6.45) is 3.58. The molecule has 4 aromatic heterocycles. The van der Waals surface area contributed by atoms with Gasteiger partial charge in [0.1, 0.15) is 17.4 Å². The van der Waals surface area contributed by atoms with Crippen LogP contribution in [-0.4, -0.2) is 53.9 Å². The van der Waals surface area contributed by atoms with Crippen molar-refractivity contribution >= 4 is 57.9 Å².